The lowest BCUT2D eigenvalue weighted by Gasteiger charge is -2.25. The Morgan fingerprint density at radius 1 is 1.62 bits per heavy atom. The first-order chi connectivity index (χ1) is 6.20. The largest absolute Gasteiger partial charge is 0.388 e. The van der Waals surface area contributed by atoms with Crippen LogP contribution in [0.1, 0.15) is 25.3 Å². The number of thiophene rings is 1. The Bertz CT molecular complexity index is 235. The molecule has 0 radical (unpaired) electrons. The van der Waals surface area contributed by atoms with E-state index in [4.69, 9.17) is 5.73 Å². The molecule has 0 aromatic carbocycles. The van der Waals surface area contributed by atoms with Gasteiger partial charge in [-0.15, -0.1) is 0 Å². The van der Waals surface area contributed by atoms with Crippen molar-refractivity contribution in [3.63, 3.8) is 0 Å². The summed E-state index contributed by atoms with van der Waals surface area (Å²) in [5.74, 6) is 0. The zero-order chi connectivity index (χ0) is 9.73. The van der Waals surface area contributed by atoms with Crippen LogP contribution in [0.4, 0.5) is 0 Å². The maximum Gasteiger partial charge on any atom is 0.0809 e. The van der Waals surface area contributed by atoms with Crippen molar-refractivity contribution in [3.8, 4) is 0 Å². The summed E-state index contributed by atoms with van der Waals surface area (Å²) in [6.45, 7) is 2.41. The Labute approximate surface area is 83.4 Å². The average molecular weight is 199 g/mol. The van der Waals surface area contributed by atoms with Crippen LogP contribution in [0.15, 0.2) is 16.8 Å². The average Bonchev–Trinajstić information content (AvgIpc) is 2.57. The van der Waals surface area contributed by atoms with Gasteiger partial charge in [-0.2, -0.15) is 11.3 Å². The second-order valence-electron chi connectivity index (χ2n) is 3.49. The molecule has 3 N–H and O–H groups in total. The number of aliphatic hydroxyl groups is 1. The number of rotatable bonds is 5. The first-order valence-corrected chi connectivity index (χ1v) is 5.58. The maximum atomic E-state index is 10.1. The third-order valence-electron chi connectivity index (χ3n) is 2.21. The molecule has 0 aliphatic heterocycles. The molecule has 0 aliphatic rings. The van der Waals surface area contributed by atoms with Crippen molar-refractivity contribution in [3.05, 3.63) is 22.4 Å². The second kappa shape index (κ2) is 4.74. The van der Waals surface area contributed by atoms with Crippen LogP contribution in [0.3, 0.4) is 0 Å². The molecule has 0 aliphatic carbocycles. The fourth-order valence-electron chi connectivity index (χ4n) is 1.50. The zero-order valence-corrected chi connectivity index (χ0v) is 8.81. The molecule has 1 heterocycles. The molecule has 74 valence electrons. The molecule has 13 heavy (non-hydrogen) atoms. The summed E-state index contributed by atoms with van der Waals surface area (Å²) >= 11 is 1.66. The minimum atomic E-state index is -0.699. The summed E-state index contributed by atoms with van der Waals surface area (Å²) in [5.41, 5.74) is 6.05. The molecule has 0 amide bonds. The van der Waals surface area contributed by atoms with Gasteiger partial charge in [0.05, 0.1) is 5.60 Å². The minimum Gasteiger partial charge on any atom is -0.388 e. The van der Waals surface area contributed by atoms with Gasteiger partial charge in [-0.1, -0.05) is 13.3 Å². The van der Waals surface area contributed by atoms with Gasteiger partial charge < -0.3 is 10.8 Å². The van der Waals surface area contributed by atoms with Gasteiger partial charge in [0, 0.05) is 13.0 Å². The van der Waals surface area contributed by atoms with Gasteiger partial charge in [-0.25, -0.2) is 0 Å². The van der Waals surface area contributed by atoms with E-state index in [1.54, 1.807) is 11.3 Å². The first-order valence-electron chi connectivity index (χ1n) is 4.64. The molecule has 0 bridgehead atoms. The highest BCUT2D eigenvalue weighted by Gasteiger charge is 2.24. The molecule has 1 unspecified atom stereocenters. The van der Waals surface area contributed by atoms with E-state index in [-0.39, 0.29) is 0 Å². The van der Waals surface area contributed by atoms with Gasteiger partial charge in [0.2, 0.25) is 0 Å². The van der Waals surface area contributed by atoms with Crippen LogP contribution in [-0.4, -0.2) is 17.3 Å². The standard InChI is InChI=1S/C10H17NOS/c1-2-4-10(12,8-11)6-9-3-5-13-7-9/h3,5,7,12H,2,4,6,8,11H2,1H3. The van der Waals surface area contributed by atoms with E-state index < -0.39 is 5.60 Å². The van der Waals surface area contributed by atoms with Crippen molar-refractivity contribution >= 4 is 11.3 Å². The van der Waals surface area contributed by atoms with E-state index in [1.165, 1.54) is 5.56 Å². The van der Waals surface area contributed by atoms with Crippen LogP contribution in [0.5, 0.6) is 0 Å². The van der Waals surface area contributed by atoms with Crippen molar-refractivity contribution in [2.45, 2.75) is 31.8 Å². The van der Waals surface area contributed by atoms with Crippen LogP contribution in [0.2, 0.25) is 0 Å². The molecule has 2 nitrogen and oxygen atoms in total. The second-order valence-corrected chi connectivity index (χ2v) is 4.27. The van der Waals surface area contributed by atoms with Gasteiger partial charge >= 0.3 is 0 Å². The van der Waals surface area contributed by atoms with Crippen molar-refractivity contribution in [1.82, 2.24) is 0 Å². The topological polar surface area (TPSA) is 46.2 Å². The van der Waals surface area contributed by atoms with Crippen molar-refractivity contribution in [2.24, 2.45) is 5.73 Å². The molecule has 1 aromatic heterocycles. The van der Waals surface area contributed by atoms with Crippen LogP contribution in [-0.2, 0) is 6.42 Å². The summed E-state index contributed by atoms with van der Waals surface area (Å²) in [5, 5.41) is 14.2. The highest BCUT2D eigenvalue weighted by Crippen LogP contribution is 2.19. The van der Waals surface area contributed by atoms with E-state index in [0.29, 0.717) is 13.0 Å². The highest BCUT2D eigenvalue weighted by molar-refractivity contribution is 7.07. The van der Waals surface area contributed by atoms with E-state index in [9.17, 15) is 5.11 Å². The Kier molecular flexibility index (Phi) is 3.90. The Morgan fingerprint density at radius 3 is 2.85 bits per heavy atom. The minimum absolute atomic E-state index is 0.344. The summed E-state index contributed by atoms with van der Waals surface area (Å²) in [4.78, 5) is 0. The summed E-state index contributed by atoms with van der Waals surface area (Å²) in [6, 6.07) is 2.04. The number of nitrogens with two attached hydrogens (primary N) is 1. The molecule has 0 spiro atoms. The predicted octanol–water partition coefficient (Wildman–Crippen LogP) is 1.78. The molecule has 1 rings (SSSR count). The highest BCUT2D eigenvalue weighted by atomic mass is 32.1. The van der Waals surface area contributed by atoms with Crippen LogP contribution in [0, 0.1) is 0 Å². The van der Waals surface area contributed by atoms with E-state index in [0.717, 1.165) is 12.8 Å². The number of hydrogen-bond donors (Lipinski definition) is 2. The predicted molar refractivity (Wildman–Crippen MR) is 56.9 cm³/mol. The van der Waals surface area contributed by atoms with Gasteiger partial charge in [-0.05, 0) is 28.8 Å². The Morgan fingerprint density at radius 2 is 2.38 bits per heavy atom. The molecule has 0 saturated heterocycles. The lowest BCUT2D eigenvalue weighted by atomic mass is 9.91. The lowest BCUT2D eigenvalue weighted by molar-refractivity contribution is 0.0400. The van der Waals surface area contributed by atoms with Crippen LogP contribution < -0.4 is 5.73 Å². The third kappa shape index (κ3) is 3.10. The van der Waals surface area contributed by atoms with Crippen LogP contribution in [0.25, 0.3) is 0 Å². The first kappa shape index (κ1) is 10.7. The van der Waals surface area contributed by atoms with Gasteiger partial charge in [0.15, 0.2) is 0 Å². The van der Waals surface area contributed by atoms with E-state index >= 15 is 0 Å². The molecule has 1 atom stereocenters. The third-order valence-corrected chi connectivity index (χ3v) is 2.94. The van der Waals surface area contributed by atoms with Gasteiger partial charge in [0.25, 0.3) is 0 Å². The Hall–Kier alpha value is -0.380. The maximum absolute atomic E-state index is 10.1. The monoisotopic (exact) mass is 199 g/mol. The fourth-order valence-corrected chi connectivity index (χ4v) is 2.17. The molecular weight excluding hydrogens is 182 g/mol. The molecule has 1 aromatic rings. The smallest absolute Gasteiger partial charge is 0.0809 e. The lowest BCUT2D eigenvalue weighted by Crippen LogP contribution is -2.39. The van der Waals surface area contributed by atoms with Gasteiger partial charge in [-0.3, -0.25) is 0 Å². The normalized spacial score (nSPS) is 15.6. The molecule has 0 saturated carbocycles. The molecule has 3 heteroatoms. The van der Waals surface area contributed by atoms with Crippen molar-refractivity contribution < 1.29 is 5.11 Å². The Balaban J connectivity index is 2.58. The molecular formula is C10H17NOS. The van der Waals surface area contributed by atoms with Crippen molar-refractivity contribution in [1.29, 1.82) is 0 Å². The summed E-state index contributed by atoms with van der Waals surface area (Å²) in [7, 11) is 0. The number of hydrogen-bond acceptors (Lipinski definition) is 3. The quantitative estimate of drug-likeness (QED) is 0.759. The molecule has 0 fully saturated rings. The van der Waals surface area contributed by atoms with Crippen molar-refractivity contribution in [2.75, 3.05) is 6.54 Å². The van der Waals surface area contributed by atoms with Crippen LogP contribution >= 0.6 is 11.3 Å². The van der Waals surface area contributed by atoms with E-state index in [1.807, 2.05) is 11.4 Å². The van der Waals surface area contributed by atoms with Gasteiger partial charge in [0.1, 0.15) is 0 Å². The SMILES string of the molecule is CCCC(O)(CN)Cc1ccsc1. The summed E-state index contributed by atoms with van der Waals surface area (Å²) in [6.07, 6.45) is 2.43. The fraction of sp³-hybridized carbons (Fsp3) is 0.600. The van der Waals surface area contributed by atoms with E-state index in [2.05, 4.69) is 12.3 Å². The zero-order valence-electron chi connectivity index (χ0n) is 7.99. The summed E-state index contributed by atoms with van der Waals surface area (Å²) < 4.78 is 0.